The molecular weight excluding hydrogens is 270 g/mol. The maximum absolute atomic E-state index is 4.23. The van der Waals surface area contributed by atoms with Crippen molar-refractivity contribution in [3.63, 3.8) is 0 Å². The van der Waals surface area contributed by atoms with Gasteiger partial charge in [-0.3, -0.25) is 4.98 Å². The predicted molar refractivity (Wildman–Crippen MR) is 77.7 cm³/mol. The van der Waals surface area contributed by atoms with Gasteiger partial charge in [0.2, 0.25) is 5.16 Å². The Morgan fingerprint density at radius 1 is 1.05 bits per heavy atom. The molecule has 0 spiro atoms. The van der Waals surface area contributed by atoms with Crippen LogP contribution in [-0.2, 0) is 0 Å². The van der Waals surface area contributed by atoms with Crippen LogP contribution in [0.5, 0.6) is 0 Å². The first-order valence-electron chi connectivity index (χ1n) is 6.26. The molecule has 0 radical (unpaired) electrons. The van der Waals surface area contributed by atoms with Crippen molar-refractivity contribution >= 4 is 11.8 Å². The van der Waals surface area contributed by atoms with E-state index in [1.165, 1.54) is 5.56 Å². The second-order valence-electron chi connectivity index (χ2n) is 4.42. The van der Waals surface area contributed by atoms with Gasteiger partial charge in [0.15, 0.2) is 5.82 Å². The van der Waals surface area contributed by atoms with Gasteiger partial charge in [0.1, 0.15) is 5.37 Å². The van der Waals surface area contributed by atoms with E-state index in [4.69, 9.17) is 0 Å². The molecule has 1 atom stereocenters. The zero-order valence-corrected chi connectivity index (χ0v) is 11.3. The van der Waals surface area contributed by atoms with Gasteiger partial charge in [0.05, 0.1) is 0 Å². The van der Waals surface area contributed by atoms with Crippen molar-refractivity contribution in [2.75, 3.05) is 5.43 Å². The lowest BCUT2D eigenvalue weighted by atomic mass is 10.2. The van der Waals surface area contributed by atoms with Gasteiger partial charge in [-0.2, -0.15) is 0 Å². The lowest BCUT2D eigenvalue weighted by Gasteiger charge is -2.11. The number of nitrogens with one attached hydrogen (secondary N) is 1. The summed E-state index contributed by atoms with van der Waals surface area (Å²) < 4.78 is 1.93. The highest BCUT2D eigenvalue weighted by molar-refractivity contribution is 7.99. The second kappa shape index (κ2) is 4.64. The lowest BCUT2D eigenvalue weighted by Crippen LogP contribution is -2.13. The molecule has 3 aromatic rings. The van der Waals surface area contributed by atoms with Gasteiger partial charge >= 0.3 is 0 Å². The Morgan fingerprint density at radius 3 is 2.75 bits per heavy atom. The van der Waals surface area contributed by atoms with Gasteiger partial charge < -0.3 is 5.43 Å². The van der Waals surface area contributed by atoms with Crippen LogP contribution in [0, 0.1) is 0 Å². The molecule has 1 unspecified atom stereocenters. The SMILES string of the molecule is c1ccc(C2Nn3c(nnc3-c3cccnc3)S2)cc1. The van der Waals surface area contributed by atoms with Crippen LogP contribution in [0.15, 0.2) is 60.0 Å². The molecule has 5 nitrogen and oxygen atoms in total. The van der Waals surface area contributed by atoms with Crippen molar-refractivity contribution in [1.82, 2.24) is 19.9 Å². The molecule has 0 saturated carbocycles. The molecule has 0 saturated heterocycles. The molecule has 3 heterocycles. The van der Waals surface area contributed by atoms with E-state index in [1.54, 1.807) is 24.2 Å². The Morgan fingerprint density at radius 2 is 1.95 bits per heavy atom. The molecule has 2 aromatic heterocycles. The summed E-state index contributed by atoms with van der Waals surface area (Å²) in [5.74, 6) is 0.791. The predicted octanol–water partition coefficient (Wildman–Crippen LogP) is 2.69. The summed E-state index contributed by atoms with van der Waals surface area (Å²) in [6, 6.07) is 14.2. The zero-order valence-electron chi connectivity index (χ0n) is 10.5. The van der Waals surface area contributed by atoms with E-state index in [-0.39, 0.29) is 5.37 Å². The average Bonchev–Trinajstić information content (AvgIpc) is 3.09. The maximum Gasteiger partial charge on any atom is 0.212 e. The highest BCUT2D eigenvalue weighted by atomic mass is 32.2. The molecule has 4 rings (SSSR count). The molecule has 0 amide bonds. The molecule has 1 aliphatic heterocycles. The number of benzene rings is 1. The van der Waals surface area contributed by atoms with Gasteiger partial charge in [-0.25, -0.2) is 4.68 Å². The third-order valence-electron chi connectivity index (χ3n) is 3.13. The Balaban J connectivity index is 1.68. The molecular formula is C14H11N5S. The quantitative estimate of drug-likeness (QED) is 0.782. The summed E-state index contributed by atoms with van der Waals surface area (Å²) in [4.78, 5) is 4.13. The van der Waals surface area contributed by atoms with Crippen LogP contribution >= 0.6 is 11.8 Å². The molecule has 6 heteroatoms. The second-order valence-corrected chi connectivity index (χ2v) is 5.49. The van der Waals surface area contributed by atoms with Crippen molar-refractivity contribution in [3.05, 3.63) is 60.4 Å². The summed E-state index contributed by atoms with van der Waals surface area (Å²) in [5, 5.41) is 9.50. The Hall–Kier alpha value is -2.34. The fourth-order valence-electron chi connectivity index (χ4n) is 2.16. The van der Waals surface area contributed by atoms with Crippen LogP contribution in [0.2, 0.25) is 0 Å². The number of rotatable bonds is 2. The standard InChI is InChI=1S/C14H11N5S/c1-2-5-10(6-3-1)13-18-19-12(16-17-14(19)20-13)11-7-4-8-15-9-11/h1-9,13,18H. The smallest absolute Gasteiger partial charge is 0.212 e. The number of hydrogen-bond acceptors (Lipinski definition) is 5. The highest BCUT2D eigenvalue weighted by Gasteiger charge is 2.27. The maximum atomic E-state index is 4.23. The minimum absolute atomic E-state index is 0.164. The highest BCUT2D eigenvalue weighted by Crippen LogP contribution is 2.39. The fraction of sp³-hybridized carbons (Fsp3) is 0.0714. The van der Waals surface area contributed by atoms with Gasteiger partial charge in [0.25, 0.3) is 0 Å². The first-order chi connectivity index (χ1) is 9.92. The largest absolute Gasteiger partial charge is 0.304 e. The number of pyridine rings is 1. The van der Waals surface area contributed by atoms with Crippen LogP contribution in [0.1, 0.15) is 10.9 Å². The summed E-state index contributed by atoms with van der Waals surface area (Å²) in [5.41, 5.74) is 5.60. The number of aromatic nitrogens is 4. The van der Waals surface area contributed by atoms with Crippen molar-refractivity contribution in [2.45, 2.75) is 10.5 Å². The molecule has 0 aliphatic carbocycles. The van der Waals surface area contributed by atoms with Gasteiger partial charge in [0, 0.05) is 18.0 Å². The van der Waals surface area contributed by atoms with E-state index < -0.39 is 0 Å². The monoisotopic (exact) mass is 281 g/mol. The zero-order chi connectivity index (χ0) is 13.4. The molecule has 0 bridgehead atoms. The number of hydrogen-bond donors (Lipinski definition) is 1. The van der Waals surface area contributed by atoms with Crippen molar-refractivity contribution in [3.8, 4) is 11.4 Å². The number of thioether (sulfide) groups is 1. The molecule has 1 aromatic carbocycles. The minimum atomic E-state index is 0.164. The Bertz CT molecular complexity index is 726. The fourth-order valence-corrected chi connectivity index (χ4v) is 3.16. The minimum Gasteiger partial charge on any atom is -0.304 e. The topological polar surface area (TPSA) is 55.6 Å². The Kier molecular flexibility index (Phi) is 2.67. The summed E-state index contributed by atoms with van der Waals surface area (Å²) >= 11 is 1.66. The van der Waals surface area contributed by atoms with E-state index in [2.05, 4.69) is 32.7 Å². The summed E-state index contributed by atoms with van der Waals surface area (Å²) in [6.07, 6.45) is 3.54. The van der Waals surface area contributed by atoms with Crippen LogP contribution in [0.4, 0.5) is 0 Å². The number of nitrogens with zero attached hydrogens (tertiary/aromatic N) is 4. The molecule has 1 N–H and O–H groups in total. The van der Waals surface area contributed by atoms with Crippen LogP contribution in [0.25, 0.3) is 11.4 Å². The average molecular weight is 281 g/mol. The normalized spacial score (nSPS) is 16.7. The third kappa shape index (κ3) is 1.85. The van der Waals surface area contributed by atoms with Crippen molar-refractivity contribution in [2.24, 2.45) is 0 Å². The molecule has 98 valence electrons. The first-order valence-corrected chi connectivity index (χ1v) is 7.14. The van der Waals surface area contributed by atoms with E-state index in [9.17, 15) is 0 Å². The van der Waals surface area contributed by atoms with E-state index in [0.717, 1.165) is 16.5 Å². The Labute approximate surface area is 120 Å². The van der Waals surface area contributed by atoms with Gasteiger partial charge in [-0.05, 0) is 17.7 Å². The van der Waals surface area contributed by atoms with Crippen molar-refractivity contribution in [1.29, 1.82) is 0 Å². The van der Waals surface area contributed by atoms with Gasteiger partial charge in [-0.15, -0.1) is 10.2 Å². The van der Waals surface area contributed by atoms with Gasteiger partial charge in [-0.1, -0.05) is 42.1 Å². The van der Waals surface area contributed by atoms with Crippen molar-refractivity contribution < 1.29 is 0 Å². The van der Waals surface area contributed by atoms with Crippen LogP contribution < -0.4 is 5.43 Å². The molecule has 20 heavy (non-hydrogen) atoms. The number of fused-ring (bicyclic) bond motifs is 1. The van der Waals surface area contributed by atoms with Crippen LogP contribution in [0.3, 0.4) is 0 Å². The van der Waals surface area contributed by atoms with E-state index in [1.807, 2.05) is 35.0 Å². The molecule has 0 fully saturated rings. The van der Waals surface area contributed by atoms with E-state index in [0.29, 0.717) is 0 Å². The van der Waals surface area contributed by atoms with E-state index >= 15 is 0 Å². The molecule has 1 aliphatic rings. The lowest BCUT2D eigenvalue weighted by molar-refractivity contribution is 0.792. The first kappa shape index (κ1) is 11.5. The summed E-state index contributed by atoms with van der Waals surface area (Å²) in [7, 11) is 0. The third-order valence-corrected chi connectivity index (χ3v) is 4.21. The van der Waals surface area contributed by atoms with Crippen LogP contribution in [-0.4, -0.2) is 19.9 Å². The summed E-state index contributed by atoms with van der Waals surface area (Å²) in [6.45, 7) is 0.